The van der Waals surface area contributed by atoms with Gasteiger partial charge >= 0.3 is 0 Å². The standard InChI is InChI=1S/C22H29N3O2/c1-3-17(2)21(19-7-5-4-6-8-19)22(26)24-16-18-9-10-20(23-15-18)25-11-13-27-14-12-25/h4-10,15,17,21H,3,11-14,16H2,1-2H3,(H,24,26). The molecule has 1 saturated heterocycles. The van der Waals surface area contributed by atoms with Gasteiger partial charge in [-0.05, 0) is 23.1 Å². The summed E-state index contributed by atoms with van der Waals surface area (Å²) in [4.78, 5) is 19.7. The van der Waals surface area contributed by atoms with Gasteiger partial charge in [-0.1, -0.05) is 56.7 Å². The van der Waals surface area contributed by atoms with Crippen molar-refractivity contribution < 1.29 is 9.53 Å². The van der Waals surface area contributed by atoms with Gasteiger partial charge in [-0.3, -0.25) is 4.79 Å². The van der Waals surface area contributed by atoms with E-state index in [0.717, 1.165) is 49.7 Å². The van der Waals surface area contributed by atoms with Crippen LogP contribution in [0.4, 0.5) is 5.82 Å². The molecule has 1 fully saturated rings. The normalized spacial score (nSPS) is 16.6. The van der Waals surface area contributed by atoms with E-state index >= 15 is 0 Å². The van der Waals surface area contributed by atoms with Gasteiger partial charge in [0.05, 0.1) is 19.1 Å². The fourth-order valence-electron chi connectivity index (χ4n) is 3.43. The lowest BCUT2D eigenvalue weighted by molar-refractivity contribution is -0.123. The average molecular weight is 367 g/mol. The first-order valence-corrected chi connectivity index (χ1v) is 9.79. The van der Waals surface area contributed by atoms with E-state index in [0.29, 0.717) is 6.54 Å². The number of pyridine rings is 1. The molecule has 27 heavy (non-hydrogen) atoms. The molecule has 0 aliphatic carbocycles. The second-order valence-electron chi connectivity index (χ2n) is 7.12. The summed E-state index contributed by atoms with van der Waals surface area (Å²) in [6.45, 7) is 7.99. The molecule has 1 aliphatic heterocycles. The molecule has 1 N–H and O–H groups in total. The lowest BCUT2D eigenvalue weighted by atomic mass is 9.85. The number of nitrogens with zero attached hydrogens (tertiary/aromatic N) is 2. The fraction of sp³-hybridized carbons (Fsp3) is 0.455. The van der Waals surface area contributed by atoms with Crippen LogP contribution in [0.2, 0.25) is 0 Å². The smallest absolute Gasteiger partial charge is 0.228 e. The number of ether oxygens (including phenoxy) is 1. The molecule has 3 rings (SSSR count). The van der Waals surface area contributed by atoms with Crippen molar-refractivity contribution in [1.82, 2.24) is 10.3 Å². The van der Waals surface area contributed by atoms with Crippen LogP contribution in [0.15, 0.2) is 48.7 Å². The molecular weight excluding hydrogens is 338 g/mol. The van der Waals surface area contributed by atoms with Gasteiger partial charge in [0, 0.05) is 25.8 Å². The molecule has 2 aromatic rings. The molecule has 2 unspecified atom stereocenters. The molecule has 5 nitrogen and oxygen atoms in total. The van der Waals surface area contributed by atoms with Crippen LogP contribution < -0.4 is 10.2 Å². The maximum Gasteiger partial charge on any atom is 0.228 e. The van der Waals surface area contributed by atoms with Crippen LogP contribution in [0.3, 0.4) is 0 Å². The maximum atomic E-state index is 12.9. The zero-order chi connectivity index (χ0) is 19.1. The second kappa shape index (κ2) is 9.51. The summed E-state index contributed by atoms with van der Waals surface area (Å²) < 4.78 is 5.38. The highest BCUT2D eigenvalue weighted by Gasteiger charge is 2.25. The van der Waals surface area contributed by atoms with Crippen LogP contribution in [-0.4, -0.2) is 37.2 Å². The topological polar surface area (TPSA) is 54.5 Å². The highest BCUT2D eigenvalue weighted by molar-refractivity contribution is 5.83. The Kier molecular flexibility index (Phi) is 6.82. The maximum absolute atomic E-state index is 12.9. The van der Waals surface area contributed by atoms with Gasteiger partial charge in [-0.15, -0.1) is 0 Å². The van der Waals surface area contributed by atoms with E-state index in [2.05, 4.69) is 29.0 Å². The van der Waals surface area contributed by atoms with Gasteiger partial charge in [0.25, 0.3) is 0 Å². The average Bonchev–Trinajstić information content (AvgIpc) is 2.74. The molecule has 0 saturated carbocycles. The Morgan fingerprint density at radius 2 is 1.93 bits per heavy atom. The summed E-state index contributed by atoms with van der Waals surface area (Å²) in [5.74, 6) is 1.20. The minimum Gasteiger partial charge on any atom is -0.378 e. The quantitative estimate of drug-likeness (QED) is 0.815. The summed E-state index contributed by atoms with van der Waals surface area (Å²) >= 11 is 0. The van der Waals surface area contributed by atoms with Crippen LogP contribution in [0.5, 0.6) is 0 Å². The lowest BCUT2D eigenvalue weighted by Crippen LogP contribution is -2.36. The van der Waals surface area contributed by atoms with E-state index in [1.807, 2.05) is 48.7 Å². The van der Waals surface area contributed by atoms with E-state index in [1.165, 1.54) is 0 Å². The Labute approximate surface area is 161 Å². The van der Waals surface area contributed by atoms with E-state index in [-0.39, 0.29) is 17.7 Å². The van der Waals surface area contributed by atoms with Crippen molar-refractivity contribution in [2.24, 2.45) is 5.92 Å². The molecule has 144 valence electrons. The SMILES string of the molecule is CCC(C)C(C(=O)NCc1ccc(N2CCOCC2)nc1)c1ccccc1. The number of morpholine rings is 1. The van der Waals surface area contributed by atoms with Crippen molar-refractivity contribution in [3.05, 3.63) is 59.8 Å². The third-order valence-corrected chi connectivity index (χ3v) is 5.27. The van der Waals surface area contributed by atoms with Gasteiger partial charge in [0.1, 0.15) is 5.82 Å². The third kappa shape index (κ3) is 5.07. The molecule has 1 aromatic carbocycles. The van der Waals surface area contributed by atoms with E-state index in [4.69, 9.17) is 4.74 Å². The van der Waals surface area contributed by atoms with Crippen LogP contribution in [-0.2, 0) is 16.1 Å². The number of nitrogens with one attached hydrogen (secondary N) is 1. The third-order valence-electron chi connectivity index (χ3n) is 5.27. The Bertz CT molecular complexity index is 712. The number of aromatic nitrogens is 1. The Morgan fingerprint density at radius 3 is 2.56 bits per heavy atom. The number of hydrogen-bond acceptors (Lipinski definition) is 4. The second-order valence-corrected chi connectivity index (χ2v) is 7.12. The van der Waals surface area contributed by atoms with Crippen molar-refractivity contribution in [1.29, 1.82) is 0 Å². The number of carbonyl (C=O) groups is 1. The number of amides is 1. The Hall–Kier alpha value is -2.40. The summed E-state index contributed by atoms with van der Waals surface area (Å²) in [6.07, 6.45) is 2.81. The van der Waals surface area contributed by atoms with Crippen molar-refractivity contribution in [3.63, 3.8) is 0 Å². The number of anilines is 1. The van der Waals surface area contributed by atoms with E-state index in [9.17, 15) is 4.79 Å². The molecule has 1 aromatic heterocycles. The highest BCUT2D eigenvalue weighted by atomic mass is 16.5. The molecule has 2 atom stereocenters. The predicted molar refractivity (Wildman–Crippen MR) is 108 cm³/mol. The molecule has 0 radical (unpaired) electrons. The number of carbonyl (C=O) groups excluding carboxylic acids is 1. The summed E-state index contributed by atoms with van der Waals surface area (Å²) in [5, 5.41) is 3.10. The van der Waals surface area contributed by atoms with Crippen LogP contribution in [0.25, 0.3) is 0 Å². The largest absolute Gasteiger partial charge is 0.378 e. The zero-order valence-corrected chi connectivity index (χ0v) is 16.2. The zero-order valence-electron chi connectivity index (χ0n) is 16.2. The molecule has 2 heterocycles. The number of hydrogen-bond donors (Lipinski definition) is 1. The van der Waals surface area contributed by atoms with Gasteiger partial charge in [-0.25, -0.2) is 4.98 Å². The number of benzene rings is 1. The van der Waals surface area contributed by atoms with Crippen molar-refractivity contribution in [2.45, 2.75) is 32.7 Å². The number of rotatable bonds is 7. The Balaban J connectivity index is 1.61. The monoisotopic (exact) mass is 367 g/mol. The first-order valence-electron chi connectivity index (χ1n) is 9.79. The van der Waals surface area contributed by atoms with Crippen molar-refractivity contribution >= 4 is 11.7 Å². The molecule has 1 aliphatic rings. The Morgan fingerprint density at radius 1 is 1.19 bits per heavy atom. The predicted octanol–water partition coefficient (Wildman–Crippen LogP) is 3.36. The van der Waals surface area contributed by atoms with Crippen LogP contribution in [0.1, 0.15) is 37.3 Å². The minimum atomic E-state index is -0.128. The fourth-order valence-corrected chi connectivity index (χ4v) is 3.43. The summed E-state index contributed by atoms with van der Waals surface area (Å²) in [6, 6.07) is 14.1. The summed E-state index contributed by atoms with van der Waals surface area (Å²) in [5.41, 5.74) is 2.08. The first kappa shape index (κ1) is 19.4. The van der Waals surface area contributed by atoms with Crippen molar-refractivity contribution in [2.75, 3.05) is 31.2 Å². The van der Waals surface area contributed by atoms with E-state index in [1.54, 1.807) is 0 Å². The molecule has 0 spiro atoms. The molecule has 0 bridgehead atoms. The van der Waals surface area contributed by atoms with Gasteiger partial charge < -0.3 is 15.0 Å². The minimum absolute atomic E-state index is 0.0767. The summed E-state index contributed by atoms with van der Waals surface area (Å²) in [7, 11) is 0. The van der Waals surface area contributed by atoms with Crippen LogP contribution >= 0.6 is 0 Å². The lowest BCUT2D eigenvalue weighted by Gasteiger charge is -2.27. The van der Waals surface area contributed by atoms with E-state index < -0.39 is 0 Å². The van der Waals surface area contributed by atoms with Gasteiger partial charge in [0.15, 0.2) is 0 Å². The van der Waals surface area contributed by atoms with Gasteiger partial charge in [-0.2, -0.15) is 0 Å². The first-order chi connectivity index (χ1) is 13.2. The van der Waals surface area contributed by atoms with Crippen LogP contribution in [0, 0.1) is 5.92 Å². The molecule has 5 heteroatoms. The molecular formula is C22H29N3O2. The molecule has 1 amide bonds. The van der Waals surface area contributed by atoms with Gasteiger partial charge in [0.2, 0.25) is 5.91 Å². The van der Waals surface area contributed by atoms with Crippen molar-refractivity contribution in [3.8, 4) is 0 Å². The highest BCUT2D eigenvalue weighted by Crippen LogP contribution is 2.27.